The van der Waals surface area contributed by atoms with E-state index in [-0.39, 0.29) is 7.43 Å². The smallest absolute Gasteiger partial charge is 0.0893 e. The molecule has 0 N–H and O–H groups in total. The molecule has 0 bridgehead atoms. The Morgan fingerprint density at radius 1 is 0.929 bits per heavy atom. The molecule has 84 valence electrons. The van der Waals surface area contributed by atoms with Gasteiger partial charge in [-0.1, -0.05) is 34.1 Å². The summed E-state index contributed by atoms with van der Waals surface area (Å²) in [5, 5.41) is 0. The van der Waals surface area contributed by atoms with Crippen LogP contribution < -0.4 is 0 Å². The number of hydrogen-bond donors (Lipinski definition) is 0. The second-order valence-corrected chi connectivity index (χ2v) is 3.77. The summed E-state index contributed by atoms with van der Waals surface area (Å²) >= 11 is 0. The molecule has 0 saturated carbocycles. The van der Waals surface area contributed by atoms with Gasteiger partial charge in [-0.3, -0.25) is 0 Å². The minimum atomic E-state index is 0. The lowest BCUT2D eigenvalue weighted by Gasteiger charge is -2.20. The average Bonchev–Trinajstić information content (AvgIpc) is 2.59. The van der Waals surface area contributed by atoms with Crippen LogP contribution in [0.4, 0.5) is 0 Å². The van der Waals surface area contributed by atoms with Crippen molar-refractivity contribution in [2.45, 2.75) is 47.0 Å². The Morgan fingerprint density at radius 2 is 1.36 bits per heavy atom. The van der Waals surface area contributed by atoms with E-state index in [1.54, 1.807) is 0 Å². The predicted octanol–water partition coefficient (Wildman–Crippen LogP) is 3.27. The molecule has 0 fully saturated rings. The van der Waals surface area contributed by atoms with E-state index in [4.69, 9.17) is 0 Å². The van der Waals surface area contributed by atoms with Crippen LogP contribution >= 0.6 is 0 Å². The van der Waals surface area contributed by atoms with Gasteiger partial charge in [-0.25, -0.2) is 0 Å². The highest BCUT2D eigenvalue weighted by Crippen LogP contribution is 2.08. The van der Waals surface area contributed by atoms with Crippen molar-refractivity contribution in [1.82, 2.24) is 9.80 Å². The number of unbranched alkanes of at least 4 members (excludes halogenated alkanes) is 2. The first kappa shape index (κ1) is 13.3. The molecular weight excluding hydrogens is 172 g/mol. The molecule has 0 amide bonds. The fourth-order valence-electron chi connectivity index (χ4n) is 1.53. The largest absolute Gasteiger partial charge is 0.359 e. The molecule has 0 atom stereocenters. The van der Waals surface area contributed by atoms with Crippen LogP contribution in [0, 0.1) is 0 Å². The first-order valence-corrected chi connectivity index (χ1v) is 5.53. The summed E-state index contributed by atoms with van der Waals surface area (Å²) in [6.45, 7) is 8.04. The third-order valence-corrected chi connectivity index (χ3v) is 2.45. The second kappa shape index (κ2) is 7.72. The fraction of sp³-hybridized carbons (Fsp3) is 0.833. The number of nitrogens with zero attached hydrogens (tertiary/aromatic N) is 2. The monoisotopic (exact) mass is 198 g/mol. The molecule has 0 radical (unpaired) electrons. The van der Waals surface area contributed by atoms with Crippen LogP contribution in [-0.2, 0) is 0 Å². The van der Waals surface area contributed by atoms with E-state index in [0.29, 0.717) is 0 Å². The molecule has 2 nitrogen and oxygen atoms in total. The highest BCUT2D eigenvalue weighted by molar-refractivity contribution is 4.90. The molecule has 0 saturated heterocycles. The molecule has 0 aromatic rings. The van der Waals surface area contributed by atoms with Crippen molar-refractivity contribution in [3.05, 3.63) is 12.4 Å². The van der Waals surface area contributed by atoms with Gasteiger partial charge in [-0.05, 0) is 12.8 Å². The first-order chi connectivity index (χ1) is 6.36. The van der Waals surface area contributed by atoms with Crippen LogP contribution in [0.15, 0.2) is 12.4 Å². The lowest BCUT2D eigenvalue weighted by atomic mass is 10.3. The molecule has 14 heavy (non-hydrogen) atoms. The van der Waals surface area contributed by atoms with Gasteiger partial charge < -0.3 is 9.80 Å². The van der Waals surface area contributed by atoms with Gasteiger partial charge in [0.2, 0.25) is 0 Å². The first-order valence-electron chi connectivity index (χ1n) is 5.53. The maximum absolute atomic E-state index is 2.40. The van der Waals surface area contributed by atoms with Crippen molar-refractivity contribution in [3.63, 3.8) is 0 Å². The van der Waals surface area contributed by atoms with Gasteiger partial charge in [0.25, 0.3) is 0 Å². The normalized spacial score (nSPS) is 14.7. The van der Waals surface area contributed by atoms with Crippen molar-refractivity contribution < 1.29 is 0 Å². The van der Waals surface area contributed by atoms with Crippen molar-refractivity contribution >= 4 is 0 Å². The van der Waals surface area contributed by atoms with E-state index in [1.807, 2.05) is 0 Å². The second-order valence-electron chi connectivity index (χ2n) is 3.77. The fourth-order valence-corrected chi connectivity index (χ4v) is 1.53. The van der Waals surface area contributed by atoms with Crippen LogP contribution in [0.1, 0.15) is 47.0 Å². The summed E-state index contributed by atoms with van der Waals surface area (Å²) in [6, 6.07) is 0. The molecule has 1 rings (SSSR count). The quantitative estimate of drug-likeness (QED) is 0.646. The highest BCUT2D eigenvalue weighted by Gasteiger charge is 2.09. The Labute approximate surface area is 89.6 Å². The van der Waals surface area contributed by atoms with E-state index in [1.165, 1.54) is 38.8 Å². The maximum atomic E-state index is 2.40. The summed E-state index contributed by atoms with van der Waals surface area (Å²) in [5.74, 6) is 0. The standard InChI is InChI=1S/C11H22N2.CH4/c1-3-5-7-12-9-10-13(11-12)8-6-4-2;/h9-10H,3-8,11H2,1-2H3;1H4. The van der Waals surface area contributed by atoms with Crippen molar-refractivity contribution in [2.24, 2.45) is 0 Å². The zero-order valence-corrected chi connectivity index (χ0v) is 9.00. The predicted molar refractivity (Wildman–Crippen MR) is 64.0 cm³/mol. The number of rotatable bonds is 6. The van der Waals surface area contributed by atoms with E-state index in [2.05, 4.69) is 36.0 Å². The molecule has 0 aliphatic carbocycles. The molecule has 0 unspecified atom stereocenters. The summed E-state index contributed by atoms with van der Waals surface area (Å²) in [6.07, 6.45) is 9.66. The van der Waals surface area contributed by atoms with E-state index < -0.39 is 0 Å². The molecule has 1 aliphatic rings. The van der Waals surface area contributed by atoms with Gasteiger partial charge in [-0.15, -0.1) is 0 Å². The van der Waals surface area contributed by atoms with Gasteiger partial charge in [0.05, 0.1) is 6.67 Å². The molecule has 0 spiro atoms. The van der Waals surface area contributed by atoms with Crippen LogP contribution in [0.3, 0.4) is 0 Å². The topological polar surface area (TPSA) is 6.48 Å². The molecule has 1 aliphatic heterocycles. The Balaban J connectivity index is 0.00000169. The SMILES string of the molecule is C.CCCCN1C=CN(CCCC)C1. The van der Waals surface area contributed by atoms with E-state index in [9.17, 15) is 0 Å². The van der Waals surface area contributed by atoms with Gasteiger partial charge in [0.15, 0.2) is 0 Å². The third-order valence-electron chi connectivity index (χ3n) is 2.45. The minimum absolute atomic E-state index is 0. The Kier molecular flexibility index (Phi) is 7.35. The third kappa shape index (κ3) is 4.54. The Hall–Kier alpha value is -0.660. The van der Waals surface area contributed by atoms with Crippen molar-refractivity contribution in [3.8, 4) is 0 Å². The molecule has 2 heteroatoms. The Morgan fingerprint density at radius 3 is 1.71 bits per heavy atom. The van der Waals surface area contributed by atoms with Crippen LogP contribution in [-0.4, -0.2) is 29.6 Å². The summed E-state index contributed by atoms with van der Waals surface area (Å²) < 4.78 is 0. The average molecular weight is 198 g/mol. The minimum Gasteiger partial charge on any atom is -0.359 e. The summed E-state index contributed by atoms with van der Waals surface area (Å²) in [4.78, 5) is 4.80. The molecular formula is C12H26N2. The van der Waals surface area contributed by atoms with Gasteiger partial charge in [0.1, 0.15) is 0 Å². The van der Waals surface area contributed by atoms with Gasteiger partial charge in [0, 0.05) is 25.5 Å². The maximum Gasteiger partial charge on any atom is 0.0893 e. The summed E-state index contributed by atoms with van der Waals surface area (Å²) in [5.41, 5.74) is 0. The van der Waals surface area contributed by atoms with Crippen LogP contribution in [0.2, 0.25) is 0 Å². The molecule has 0 aromatic carbocycles. The van der Waals surface area contributed by atoms with E-state index in [0.717, 1.165) is 6.67 Å². The Bertz CT molecular complexity index is 138. The van der Waals surface area contributed by atoms with Crippen molar-refractivity contribution in [1.29, 1.82) is 0 Å². The van der Waals surface area contributed by atoms with Gasteiger partial charge in [-0.2, -0.15) is 0 Å². The van der Waals surface area contributed by atoms with Crippen molar-refractivity contribution in [2.75, 3.05) is 19.8 Å². The number of hydrogen-bond acceptors (Lipinski definition) is 2. The highest BCUT2D eigenvalue weighted by atomic mass is 15.3. The summed E-state index contributed by atoms with van der Waals surface area (Å²) in [7, 11) is 0. The zero-order chi connectivity index (χ0) is 9.52. The van der Waals surface area contributed by atoms with Crippen LogP contribution in [0.25, 0.3) is 0 Å². The van der Waals surface area contributed by atoms with Gasteiger partial charge >= 0.3 is 0 Å². The molecule has 0 aromatic heterocycles. The lowest BCUT2D eigenvalue weighted by Crippen LogP contribution is -2.26. The zero-order valence-electron chi connectivity index (χ0n) is 9.00. The van der Waals surface area contributed by atoms with Crippen LogP contribution in [0.5, 0.6) is 0 Å². The lowest BCUT2D eigenvalue weighted by molar-refractivity contribution is 0.260. The van der Waals surface area contributed by atoms with E-state index >= 15 is 0 Å². The molecule has 1 heterocycles.